The summed E-state index contributed by atoms with van der Waals surface area (Å²) in [4.78, 5) is 0.276. The van der Waals surface area contributed by atoms with E-state index < -0.39 is 18.3 Å². The van der Waals surface area contributed by atoms with Crippen LogP contribution >= 0.6 is 0 Å². The molecule has 0 N–H and O–H groups in total. The van der Waals surface area contributed by atoms with Crippen LogP contribution in [0.5, 0.6) is 5.75 Å². The predicted molar refractivity (Wildman–Crippen MR) is 96.0 cm³/mol. The first-order valence-corrected chi connectivity index (χ1v) is 12.0. The molecule has 1 aromatic carbocycles. The highest BCUT2D eigenvalue weighted by Gasteiger charge is 2.39. The molecule has 0 radical (unpaired) electrons. The average molecular weight is 352 g/mol. The molecule has 0 amide bonds. The monoisotopic (exact) mass is 351 g/mol. The van der Waals surface area contributed by atoms with Crippen molar-refractivity contribution < 1.29 is 12.8 Å². The normalized spacial score (nSPS) is 13.1. The van der Waals surface area contributed by atoms with Gasteiger partial charge in [-0.15, -0.1) is 0 Å². The first kappa shape index (κ1) is 17.8. The summed E-state index contributed by atoms with van der Waals surface area (Å²) >= 11 is 0. The van der Waals surface area contributed by atoms with Gasteiger partial charge in [0.15, 0.2) is 0 Å². The highest BCUT2D eigenvalue weighted by molar-refractivity contribution is 7.90. The number of hydrogen-bond acceptors (Lipinski definition) is 3. The highest BCUT2D eigenvalue weighted by atomic mass is 32.2. The summed E-state index contributed by atoms with van der Waals surface area (Å²) in [6.45, 7) is 12.7. The zero-order valence-electron chi connectivity index (χ0n) is 14.6. The van der Waals surface area contributed by atoms with Gasteiger partial charge in [-0.3, -0.25) is 0 Å². The summed E-state index contributed by atoms with van der Waals surface area (Å²) in [5.41, 5.74) is 1.03. The molecule has 0 saturated carbocycles. The Bertz CT molecular complexity index is 784. The number of benzene rings is 1. The van der Waals surface area contributed by atoms with Crippen molar-refractivity contribution in [2.24, 2.45) is 0 Å². The second-order valence-corrected chi connectivity index (χ2v) is 13.9. The minimum Gasteiger partial charge on any atom is -0.542 e. The molecule has 2 rings (SSSR count). The molecule has 2 aromatic rings. The van der Waals surface area contributed by atoms with Crippen molar-refractivity contribution in [2.45, 2.75) is 50.7 Å². The molecule has 0 fully saturated rings. The lowest BCUT2D eigenvalue weighted by Gasteiger charge is -2.36. The van der Waals surface area contributed by atoms with E-state index in [1.807, 2.05) is 6.92 Å². The Balaban J connectivity index is 2.30. The van der Waals surface area contributed by atoms with Gasteiger partial charge in [0.25, 0.3) is 18.3 Å². The van der Waals surface area contributed by atoms with Crippen LogP contribution in [-0.2, 0) is 10.0 Å². The van der Waals surface area contributed by atoms with Crippen LogP contribution in [0.4, 0.5) is 0 Å². The summed E-state index contributed by atoms with van der Waals surface area (Å²) in [7, 11) is -5.56. The van der Waals surface area contributed by atoms with Crippen LogP contribution in [0.2, 0.25) is 18.1 Å². The quantitative estimate of drug-likeness (QED) is 0.766. The van der Waals surface area contributed by atoms with Gasteiger partial charge in [-0.25, -0.2) is 12.4 Å². The van der Waals surface area contributed by atoms with E-state index in [1.54, 1.807) is 36.5 Å². The number of rotatable bonds is 4. The molecule has 0 spiro atoms. The van der Waals surface area contributed by atoms with Gasteiger partial charge in [0.05, 0.1) is 11.1 Å². The summed E-state index contributed by atoms with van der Waals surface area (Å²) < 4.78 is 32.7. The lowest BCUT2D eigenvalue weighted by Crippen LogP contribution is -2.43. The van der Waals surface area contributed by atoms with Gasteiger partial charge < -0.3 is 4.43 Å². The predicted octanol–water partition coefficient (Wildman–Crippen LogP) is 4.42. The Morgan fingerprint density at radius 3 is 2.13 bits per heavy atom. The fourth-order valence-electron chi connectivity index (χ4n) is 1.85. The zero-order chi connectivity index (χ0) is 17.5. The Morgan fingerprint density at radius 2 is 1.61 bits per heavy atom. The molecule has 0 unspecified atom stereocenters. The van der Waals surface area contributed by atoms with Crippen molar-refractivity contribution in [3.05, 3.63) is 48.3 Å². The van der Waals surface area contributed by atoms with Gasteiger partial charge in [0.1, 0.15) is 5.75 Å². The maximum Gasteiger partial charge on any atom is 0.267 e. The van der Waals surface area contributed by atoms with Crippen molar-refractivity contribution in [1.82, 2.24) is 3.97 Å². The summed E-state index contributed by atoms with van der Waals surface area (Å²) in [5.74, 6) is 0.604. The molecule has 126 valence electrons. The molecule has 0 aliphatic rings. The van der Waals surface area contributed by atoms with Crippen LogP contribution in [0, 0.1) is 6.92 Å². The van der Waals surface area contributed by atoms with Gasteiger partial charge in [0.2, 0.25) is 0 Å². The van der Waals surface area contributed by atoms with Crippen LogP contribution in [0.1, 0.15) is 26.3 Å². The Kier molecular flexibility index (Phi) is 4.52. The third kappa shape index (κ3) is 3.69. The lowest BCUT2D eigenvalue weighted by atomic mass is 10.2. The summed E-state index contributed by atoms with van der Waals surface area (Å²) in [5, 5.41) is 0.0604. The Hall–Kier alpha value is -1.53. The van der Waals surface area contributed by atoms with E-state index in [9.17, 15) is 8.42 Å². The number of aromatic nitrogens is 1. The molecule has 0 saturated heterocycles. The second-order valence-electron chi connectivity index (χ2n) is 7.36. The third-order valence-electron chi connectivity index (χ3n) is 4.42. The molecular formula is C17H25NO3SSi. The molecule has 0 aliphatic carbocycles. The highest BCUT2D eigenvalue weighted by Crippen LogP contribution is 2.37. The third-order valence-corrected chi connectivity index (χ3v) is 10.4. The van der Waals surface area contributed by atoms with Gasteiger partial charge in [-0.2, -0.15) is 0 Å². The lowest BCUT2D eigenvalue weighted by molar-refractivity contribution is 0.492. The van der Waals surface area contributed by atoms with Crippen molar-refractivity contribution in [1.29, 1.82) is 0 Å². The van der Waals surface area contributed by atoms with Gasteiger partial charge in [-0.1, -0.05) is 38.5 Å². The zero-order valence-corrected chi connectivity index (χ0v) is 16.4. The molecule has 6 heteroatoms. The minimum absolute atomic E-state index is 0.0604. The summed E-state index contributed by atoms with van der Waals surface area (Å²) in [6.07, 6.45) is 3.09. The van der Waals surface area contributed by atoms with E-state index in [2.05, 4.69) is 33.9 Å². The van der Waals surface area contributed by atoms with E-state index in [-0.39, 0.29) is 9.93 Å². The fraction of sp³-hybridized carbons (Fsp3) is 0.412. The second kappa shape index (κ2) is 5.83. The number of hydrogen-bond donors (Lipinski definition) is 0. The van der Waals surface area contributed by atoms with Crippen molar-refractivity contribution in [3.8, 4) is 5.75 Å². The molecule has 1 heterocycles. The number of aryl methyl sites for hydroxylation is 1. The van der Waals surface area contributed by atoms with Crippen LogP contribution in [0.25, 0.3) is 0 Å². The smallest absolute Gasteiger partial charge is 0.267 e. The van der Waals surface area contributed by atoms with E-state index in [0.717, 1.165) is 5.56 Å². The average Bonchev–Trinajstić information content (AvgIpc) is 2.86. The first-order valence-electron chi connectivity index (χ1n) is 7.63. The SMILES string of the molecule is Cc1ccc(S(=O)(=O)n2ccc(O[Si](C)(C)C(C)(C)C)c2)cc1. The van der Waals surface area contributed by atoms with Crippen LogP contribution in [-0.4, -0.2) is 20.7 Å². The maximum atomic E-state index is 12.6. The van der Waals surface area contributed by atoms with E-state index in [4.69, 9.17) is 4.43 Å². The van der Waals surface area contributed by atoms with E-state index in [0.29, 0.717) is 5.75 Å². The molecule has 23 heavy (non-hydrogen) atoms. The molecule has 0 atom stereocenters. The molecule has 0 bridgehead atoms. The van der Waals surface area contributed by atoms with Gasteiger partial charge in [0, 0.05) is 6.20 Å². The van der Waals surface area contributed by atoms with Crippen LogP contribution in [0.3, 0.4) is 0 Å². The Morgan fingerprint density at radius 1 is 1.04 bits per heavy atom. The van der Waals surface area contributed by atoms with E-state index in [1.165, 1.54) is 10.2 Å². The van der Waals surface area contributed by atoms with Gasteiger partial charge in [-0.05, 0) is 43.3 Å². The fourth-order valence-corrected chi connectivity index (χ4v) is 4.05. The molecule has 1 aromatic heterocycles. The Labute approximate surface area is 140 Å². The molecule has 0 aliphatic heterocycles. The minimum atomic E-state index is -3.57. The van der Waals surface area contributed by atoms with Crippen molar-refractivity contribution in [2.75, 3.05) is 0 Å². The topological polar surface area (TPSA) is 48.3 Å². The summed E-state index contributed by atoms with van der Waals surface area (Å²) in [6, 6.07) is 8.55. The largest absolute Gasteiger partial charge is 0.542 e. The van der Waals surface area contributed by atoms with Crippen LogP contribution < -0.4 is 4.43 Å². The standard InChI is InChI=1S/C17H25NO3SSi/c1-14-7-9-16(10-8-14)22(19,20)18-12-11-15(13-18)21-23(5,6)17(2,3)4/h7-13H,1-6H3. The van der Waals surface area contributed by atoms with Gasteiger partial charge >= 0.3 is 0 Å². The first-order chi connectivity index (χ1) is 10.4. The van der Waals surface area contributed by atoms with Crippen molar-refractivity contribution >= 4 is 18.3 Å². The van der Waals surface area contributed by atoms with E-state index >= 15 is 0 Å². The molecule has 4 nitrogen and oxygen atoms in total. The van der Waals surface area contributed by atoms with Crippen molar-refractivity contribution in [3.63, 3.8) is 0 Å². The molecular weight excluding hydrogens is 326 g/mol. The van der Waals surface area contributed by atoms with Crippen LogP contribution in [0.15, 0.2) is 47.6 Å². The number of nitrogens with zero attached hydrogens (tertiary/aromatic N) is 1. The maximum absolute atomic E-state index is 12.6.